The molecule has 17 heavy (non-hydrogen) atoms. The molecule has 3 nitrogen and oxygen atoms in total. The molecule has 0 aromatic carbocycles. The first-order valence-electron chi connectivity index (χ1n) is 7.30. The van der Waals surface area contributed by atoms with E-state index in [2.05, 4.69) is 43.1 Å². The van der Waals surface area contributed by atoms with Crippen molar-refractivity contribution in [2.24, 2.45) is 0 Å². The van der Waals surface area contributed by atoms with Crippen molar-refractivity contribution in [3.63, 3.8) is 0 Å². The van der Waals surface area contributed by atoms with Gasteiger partial charge in [-0.3, -0.25) is 4.90 Å². The van der Waals surface area contributed by atoms with Crippen LogP contribution in [0.1, 0.15) is 39.5 Å². The van der Waals surface area contributed by atoms with Crippen molar-refractivity contribution >= 4 is 0 Å². The normalized spacial score (nSPS) is 23.5. The maximum absolute atomic E-state index is 3.58. The number of hydrogen-bond donors (Lipinski definition) is 1. The Bertz CT molecular complexity index is 194. The highest BCUT2D eigenvalue weighted by molar-refractivity contribution is 4.86. The van der Waals surface area contributed by atoms with Gasteiger partial charge < -0.3 is 10.2 Å². The van der Waals surface area contributed by atoms with Crippen LogP contribution in [0.15, 0.2) is 0 Å². The number of nitrogens with one attached hydrogen (secondary N) is 1. The monoisotopic (exact) mass is 241 g/mol. The minimum atomic E-state index is 0.731. The largest absolute Gasteiger partial charge is 0.315 e. The van der Waals surface area contributed by atoms with Gasteiger partial charge in [-0.2, -0.15) is 0 Å². The second-order valence-corrected chi connectivity index (χ2v) is 5.56. The Labute approximate surface area is 108 Å². The fourth-order valence-corrected chi connectivity index (χ4v) is 2.90. The molecule has 0 radical (unpaired) electrons. The van der Waals surface area contributed by atoms with Crippen LogP contribution in [-0.4, -0.2) is 62.2 Å². The highest BCUT2D eigenvalue weighted by Crippen LogP contribution is 2.21. The third-order valence-electron chi connectivity index (χ3n) is 3.75. The van der Waals surface area contributed by atoms with Crippen molar-refractivity contribution < 1.29 is 0 Å². The molecule has 0 saturated carbocycles. The summed E-state index contributed by atoms with van der Waals surface area (Å²) < 4.78 is 0. The van der Waals surface area contributed by atoms with E-state index in [4.69, 9.17) is 0 Å². The summed E-state index contributed by atoms with van der Waals surface area (Å²) >= 11 is 0. The zero-order chi connectivity index (χ0) is 12.7. The van der Waals surface area contributed by atoms with E-state index in [1.54, 1.807) is 0 Å². The second kappa shape index (κ2) is 8.06. The summed E-state index contributed by atoms with van der Waals surface area (Å²) in [6.45, 7) is 9.38. The van der Waals surface area contributed by atoms with Crippen LogP contribution in [-0.2, 0) is 0 Å². The van der Waals surface area contributed by atoms with E-state index in [0.29, 0.717) is 0 Å². The number of nitrogens with zero attached hydrogens (tertiary/aromatic N) is 2. The van der Waals surface area contributed by atoms with Gasteiger partial charge in [0.15, 0.2) is 0 Å². The molecule has 1 aliphatic rings. The quantitative estimate of drug-likeness (QED) is 0.654. The third kappa shape index (κ3) is 4.94. The zero-order valence-corrected chi connectivity index (χ0v) is 12.2. The van der Waals surface area contributed by atoms with Crippen LogP contribution in [0.25, 0.3) is 0 Å². The van der Waals surface area contributed by atoms with Crippen LogP contribution in [0.3, 0.4) is 0 Å². The van der Waals surface area contributed by atoms with Gasteiger partial charge in [0.25, 0.3) is 0 Å². The third-order valence-corrected chi connectivity index (χ3v) is 3.75. The zero-order valence-electron chi connectivity index (χ0n) is 12.2. The topological polar surface area (TPSA) is 18.5 Å². The molecule has 1 N–H and O–H groups in total. The van der Waals surface area contributed by atoms with E-state index in [1.165, 1.54) is 38.8 Å². The molecular weight excluding hydrogens is 210 g/mol. The van der Waals surface area contributed by atoms with Crippen LogP contribution in [0.5, 0.6) is 0 Å². The first-order valence-corrected chi connectivity index (χ1v) is 7.30. The molecule has 0 aromatic rings. The molecule has 2 unspecified atom stereocenters. The predicted molar refractivity (Wildman–Crippen MR) is 75.5 cm³/mol. The van der Waals surface area contributed by atoms with Crippen LogP contribution in [0.4, 0.5) is 0 Å². The summed E-state index contributed by atoms with van der Waals surface area (Å²) in [5, 5.41) is 3.58. The minimum Gasteiger partial charge on any atom is -0.315 e. The molecule has 1 fully saturated rings. The van der Waals surface area contributed by atoms with Gasteiger partial charge in [0.05, 0.1) is 0 Å². The Balaban J connectivity index is 2.42. The minimum absolute atomic E-state index is 0.731. The van der Waals surface area contributed by atoms with Gasteiger partial charge in [0.1, 0.15) is 0 Å². The maximum atomic E-state index is 3.58. The summed E-state index contributed by atoms with van der Waals surface area (Å²) in [6, 6.07) is 1.51. The molecule has 1 saturated heterocycles. The Morgan fingerprint density at radius 2 is 2.12 bits per heavy atom. The SMILES string of the molecule is CCCNCC(CC)N1CCCC1CN(C)C. The molecule has 0 amide bonds. The Morgan fingerprint density at radius 3 is 2.71 bits per heavy atom. The Morgan fingerprint density at radius 1 is 1.35 bits per heavy atom. The Hall–Kier alpha value is -0.120. The van der Waals surface area contributed by atoms with Crippen LogP contribution in [0, 0.1) is 0 Å². The van der Waals surface area contributed by atoms with E-state index in [-0.39, 0.29) is 0 Å². The van der Waals surface area contributed by atoms with Gasteiger partial charge in [-0.05, 0) is 52.9 Å². The molecule has 1 aliphatic heterocycles. The highest BCUT2D eigenvalue weighted by atomic mass is 15.2. The Kier molecular flexibility index (Phi) is 7.09. The fraction of sp³-hybridized carbons (Fsp3) is 1.00. The molecule has 1 heterocycles. The number of likely N-dealkylation sites (N-methyl/N-ethyl adjacent to an activating group) is 1. The van der Waals surface area contributed by atoms with E-state index >= 15 is 0 Å². The summed E-state index contributed by atoms with van der Waals surface area (Å²) in [7, 11) is 4.37. The smallest absolute Gasteiger partial charge is 0.0226 e. The molecule has 0 aliphatic carbocycles. The van der Waals surface area contributed by atoms with Gasteiger partial charge in [0.2, 0.25) is 0 Å². The van der Waals surface area contributed by atoms with E-state index < -0.39 is 0 Å². The standard InChI is InChI=1S/C14H31N3/c1-5-9-15-11-13(6-2)17-10-7-8-14(17)12-16(3)4/h13-15H,5-12H2,1-4H3. The predicted octanol–water partition coefficient (Wildman–Crippen LogP) is 1.79. The van der Waals surface area contributed by atoms with Gasteiger partial charge >= 0.3 is 0 Å². The van der Waals surface area contributed by atoms with Crippen molar-refractivity contribution in [2.45, 2.75) is 51.6 Å². The lowest BCUT2D eigenvalue weighted by Crippen LogP contribution is -2.47. The van der Waals surface area contributed by atoms with Crippen molar-refractivity contribution in [1.29, 1.82) is 0 Å². The van der Waals surface area contributed by atoms with Crippen molar-refractivity contribution in [2.75, 3.05) is 40.3 Å². The second-order valence-electron chi connectivity index (χ2n) is 5.56. The van der Waals surface area contributed by atoms with Gasteiger partial charge in [-0.1, -0.05) is 13.8 Å². The molecule has 0 spiro atoms. The molecule has 2 atom stereocenters. The maximum Gasteiger partial charge on any atom is 0.0226 e. The molecule has 3 heteroatoms. The van der Waals surface area contributed by atoms with E-state index in [0.717, 1.165) is 25.2 Å². The lowest BCUT2D eigenvalue weighted by Gasteiger charge is -2.34. The van der Waals surface area contributed by atoms with Crippen molar-refractivity contribution in [3.8, 4) is 0 Å². The van der Waals surface area contributed by atoms with Gasteiger partial charge in [-0.15, -0.1) is 0 Å². The summed E-state index contributed by atoms with van der Waals surface area (Å²) in [5.41, 5.74) is 0. The van der Waals surface area contributed by atoms with Gasteiger partial charge in [0, 0.05) is 25.2 Å². The van der Waals surface area contributed by atoms with E-state index in [9.17, 15) is 0 Å². The van der Waals surface area contributed by atoms with Crippen molar-refractivity contribution in [1.82, 2.24) is 15.1 Å². The lowest BCUT2D eigenvalue weighted by molar-refractivity contribution is 0.146. The molecule has 1 rings (SSSR count). The average Bonchev–Trinajstić information content (AvgIpc) is 2.72. The first-order chi connectivity index (χ1) is 8.19. The lowest BCUT2D eigenvalue weighted by atomic mass is 10.1. The molecule has 102 valence electrons. The summed E-state index contributed by atoms with van der Waals surface area (Å²) in [6.07, 6.45) is 5.25. The van der Waals surface area contributed by atoms with Crippen LogP contribution < -0.4 is 5.32 Å². The summed E-state index contributed by atoms with van der Waals surface area (Å²) in [5.74, 6) is 0. The van der Waals surface area contributed by atoms with Crippen LogP contribution in [0.2, 0.25) is 0 Å². The fourth-order valence-electron chi connectivity index (χ4n) is 2.90. The molecule has 0 aromatic heterocycles. The molecular formula is C14H31N3. The number of likely N-dealkylation sites (tertiary alicyclic amines) is 1. The first kappa shape index (κ1) is 14.9. The summed E-state index contributed by atoms with van der Waals surface area (Å²) in [4.78, 5) is 5.07. The van der Waals surface area contributed by atoms with E-state index in [1.807, 2.05) is 0 Å². The van der Waals surface area contributed by atoms with Crippen molar-refractivity contribution in [3.05, 3.63) is 0 Å². The average molecular weight is 241 g/mol. The molecule has 0 bridgehead atoms. The van der Waals surface area contributed by atoms with Crippen LogP contribution >= 0.6 is 0 Å². The van der Waals surface area contributed by atoms with Gasteiger partial charge in [-0.25, -0.2) is 0 Å². The highest BCUT2D eigenvalue weighted by Gasteiger charge is 2.29. The number of hydrogen-bond acceptors (Lipinski definition) is 3. The number of rotatable bonds is 8.